The number of nitro groups is 1. The number of aromatic hydroxyl groups is 1. The molecule has 0 aliphatic rings. The molecule has 0 spiro atoms. The van der Waals surface area contributed by atoms with Gasteiger partial charge in [0, 0.05) is 30.8 Å². The summed E-state index contributed by atoms with van der Waals surface area (Å²) in [5, 5.41) is 23.1. The van der Waals surface area contributed by atoms with Gasteiger partial charge in [-0.05, 0) is 23.8 Å². The first kappa shape index (κ1) is 14.0. The fourth-order valence-electron chi connectivity index (χ4n) is 1.77. The molecule has 0 saturated carbocycles. The molecule has 0 saturated heterocycles. The summed E-state index contributed by atoms with van der Waals surface area (Å²) in [5.41, 5.74) is 1.37. The van der Waals surface area contributed by atoms with Gasteiger partial charge in [0.15, 0.2) is 0 Å². The van der Waals surface area contributed by atoms with Crippen molar-refractivity contribution in [2.45, 2.75) is 13.1 Å². The number of phenols is 1. The maximum absolute atomic E-state index is 13.0. The first-order valence-electron chi connectivity index (χ1n) is 5.97. The Morgan fingerprint density at radius 1 is 1.15 bits per heavy atom. The molecule has 2 aromatic carbocycles. The van der Waals surface area contributed by atoms with Gasteiger partial charge < -0.3 is 10.4 Å². The van der Waals surface area contributed by atoms with Crippen LogP contribution in [0.4, 0.5) is 10.1 Å². The van der Waals surface area contributed by atoms with Crippen molar-refractivity contribution < 1.29 is 14.4 Å². The van der Waals surface area contributed by atoms with E-state index >= 15 is 0 Å². The van der Waals surface area contributed by atoms with E-state index in [0.29, 0.717) is 18.7 Å². The summed E-state index contributed by atoms with van der Waals surface area (Å²) in [4.78, 5) is 10.1. The highest BCUT2D eigenvalue weighted by atomic mass is 19.1. The zero-order valence-electron chi connectivity index (χ0n) is 10.5. The van der Waals surface area contributed by atoms with E-state index in [4.69, 9.17) is 0 Å². The standard InChI is InChI=1S/C14H13FN2O3/c15-12-3-6-14(18)11(7-12)9-16-8-10-1-4-13(5-2-10)17(19)20/h1-7,16,18H,8-9H2. The SMILES string of the molecule is O=[N+]([O-])c1ccc(CNCc2cc(F)ccc2O)cc1. The average molecular weight is 276 g/mol. The number of halogens is 1. The lowest BCUT2D eigenvalue weighted by atomic mass is 10.1. The number of nitrogens with zero attached hydrogens (tertiary/aromatic N) is 1. The smallest absolute Gasteiger partial charge is 0.269 e. The van der Waals surface area contributed by atoms with Gasteiger partial charge in [0.05, 0.1) is 4.92 Å². The van der Waals surface area contributed by atoms with Gasteiger partial charge in [-0.1, -0.05) is 12.1 Å². The highest BCUT2D eigenvalue weighted by molar-refractivity contribution is 5.34. The predicted molar refractivity (Wildman–Crippen MR) is 71.7 cm³/mol. The van der Waals surface area contributed by atoms with Crippen LogP contribution in [0.1, 0.15) is 11.1 Å². The molecular weight excluding hydrogens is 263 g/mol. The van der Waals surface area contributed by atoms with Crippen molar-refractivity contribution in [1.29, 1.82) is 0 Å². The topological polar surface area (TPSA) is 75.4 Å². The molecule has 104 valence electrons. The van der Waals surface area contributed by atoms with Gasteiger partial charge >= 0.3 is 0 Å². The molecule has 0 fully saturated rings. The molecule has 0 aliphatic carbocycles. The van der Waals surface area contributed by atoms with Crippen LogP contribution in [0, 0.1) is 15.9 Å². The Balaban J connectivity index is 1.92. The molecule has 0 heterocycles. The number of hydrogen-bond donors (Lipinski definition) is 2. The third-order valence-corrected chi connectivity index (χ3v) is 2.83. The first-order chi connectivity index (χ1) is 9.56. The van der Waals surface area contributed by atoms with Crippen molar-refractivity contribution in [3.63, 3.8) is 0 Å². The van der Waals surface area contributed by atoms with Gasteiger partial charge in [0.25, 0.3) is 5.69 Å². The van der Waals surface area contributed by atoms with Crippen molar-refractivity contribution in [2.75, 3.05) is 0 Å². The monoisotopic (exact) mass is 276 g/mol. The average Bonchev–Trinajstić information content (AvgIpc) is 2.43. The van der Waals surface area contributed by atoms with Crippen molar-refractivity contribution in [2.24, 2.45) is 0 Å². The normalized spacial score (nSPS) is 10.4. The first-order valence-corrected chi connectivity index (χ1v) is 5.97. The minimum Gasteiger partial charge on any atom is -0.508 e. The number of nitro benzene ring substituents is 1. The van der Waals surface area contributed by atoms with Crippen LogP contribution in [0.3, 0.4) is 0 Å². The quantitative estimate of drug-likeness (QED) is 0.650. The van der Waals surface area contributed by atoms with Gasteiger partial charge in [-0.3, -0.25) is 10.1 Å². The lowest BCUT2D eigenvalue weighted by Crippen LogP contribution is -2.12. The largest absolute Gasteiger partial charge is 0.508 e. The van der Waals surface area contributed by atoms with Gasteiger partial charge in [-0.2, -0.15) is 0 Å². The molecule has 2 aromatic rings. The molecule has 2 rings (SSSR count). The summed E-state index contributed by atoms with van der Waals surface area (Å²) < 4.78 is 13.0. The van der Waals surface area contributed by atoms with E-state index in [2.05, 4.69) is 5.32 Å². The molecule has 0 aromatic heterocycles. The Hall–Kier alpha value is -2.47. The minimum atomic E-state index is -0.456. The fourth-order valence-corrected chi connectivity index (χ4v) is 1.77. The Bertz CT molecular complexity index is 614. The van der Waals surface area contributed by atoms with Gasteiger partial charge in [-0.25, -0.2) is 4.39 Å². The van der Waals surface area contributed by atoms with Gasteiger partial charge in [0.1, 0.15) is 11.6 Å². The van der Waals surface area contributed by atoms with E-state index in [9.17, 15) is 19.6 Å². The molecule has 5 nitrogen and oxygen atoms in total. The lowest BCUT2D eigenvalue weighted by molar-refractivity contribution is -0.384. The van der Waals surface area contributed by atoms with Gasteiger partial charge in [0.2, 0.25) is 0 Å². The summed E-state index contributed by atoms with van der Waals surface area (Å²) in [6.45, 7) is 0.772. The predicted octanol–water partition coefficient (Wildman–Crippen LogP) is 2.73. The second kappa shape index (κ2) is 6.12. The highest BCUT2D eigenvalue weighted by Gasteiger charge is 2.05. The van der Waals surface area contributed by atoms with Crippen molar-refractivity contribution >= 4 is 5.69 Å². The van der Waals surface area contributed by atoms with Crippen LogP contribution in [-0.4, -0.2) is 10.0 Å². The zero-order valence-corrected chi connectivity index (χ0v) is 10.5. The van der Waals surface area contributed by atoms with Crippen molar-refractivity contribution in [3.8, 4) is 5.75 Å². The van der Waals surface area contributed by atoms with Crippen LogP contribution in [0.2, 0.25) is 0 Å². The van der Waals surface area contributed by atoms with E-state index in [1.165, 1.54) is 30.3 Å². The molecule has 0 aliphatic heterocycles. The molecule has 0 atom stereocenters. The Labute approximate surface area is 114 Å². The lowest BCUT2D eigenvalue weighted by Gasteiger charge is -2.07. The maximum atomic E-state index is 13.0. The van der Waals surface area contributed by atoms with E-state index in [-0.39, 0.29) is 11.4 Å². The zero-order chi connectivity index (χ0) is 14.5. The molecular formula is C14H13FN2O3. The summed E-state index contributed by atoms with van der Waals surface area (Å²) >= 11 is 0. The summed E-state index contributed by atoms with van der Waals surface area (Å²) in [6.07, 6.45) is 0. The summed E-state index contributed by atoms with van der Waals surface area (Å²) in [6, 6.07) is 9.91. The van der Waals surface area contributed by atoms with Crippen LogP contribution in [0.5, 0.6) is 5.75 Å². The number of non-ortho nitro benzene ring substituents is 1. The van der Waals surface area contributed by atoms with Gasteiger partial charge in [-0.15, -0.1) is 0 Å². The van der Waals surface area contributed by atoms with Crippen LogP contribution in [0.25, 0.3) is 0 Å². The minimum absolute atomic E-state index is 0.0302. The van der Waals surface area contributed by atoms with E-state index < -0.39 is 10.7 Å². The number of phenolic OH excluding ortho intramolecular Hbond substituents is 1. The summed E-state index contributed by atoms with van der Waals surface area (Å²) in [5.74, 6) is -0.377. The number of rotatable bonds is 5. The number of nitrogens with one attached hydrogen (secondary N) is 1. The Morgan fingerprint density at radius 3 is 2.50 bits per heavy atom. The molecule has 0 unspecified atom stereocenters. The third-order valence-electron chi connectivity index (χ3n) is 2.83. The maximum Gasteiger partial charge on any atom is 0.269 e. The molecule has 0 bridgehead atoms. The molecule has 0 radical (unpaired) electrons. The second-order valence-corrected chi connectivity index (χ2v) is 4.30. The second-order valence-electron chi connectivity index (χ2n) is 4.30. The number of hydrogen-bond acceptors (Lipinski definition) is 4. The van der Waals surface area contributed by atoms with Crippen LogP contribution >= 0.6 is 0 Å². The molecule has 0 amide bonds. The van der Waals surface area contributed by atoms with E-state index in [1.807, 2.05) is 0 Å². The summed E-state index contributed by atoms with van der Waals surface area (Å²) in [7, 11) is 0. The number of benzene rings is 2. The van der Waals surface area contributed by atoms with Crippen LogP contribution in [0.15, 0.2) is 42.5 Å². The third kappa shape index (κ3) is 3.52. The van der Waals surface area contributed by atoms with Crippen molar-refractivity contribution in [3.05, 3.63) is 69.5 Å². The molecule has 20 heavy (non-hydrogen) atoms. The fraction of sp³-hybridized carbons (Fsp3) is 0.143. The van der Waals surface area contributed by atoms with Crippen LogP contribution in [-0.2, 0) is 13.1 Å². The Kier molecular flexibility index (Phi) is 4.27. The van der Waals surface area contributed by atoms with Crippen molar-refractivity contribution in [1.82, 2.24) is 5.32 Å². The molecule has 6 heteroatoms. The van der Waals surface area contributed by atoms with E-state index in [1.54, 1.807) is 12.1 Å². The Morgan fingerprint density at radius 2 is 1.85 bits per heavy atom. The molecule has 2 N–H and O–H groups in total. The van der Waals surface area contributed by atoms with E-state index in [0.717, 1.165) is 5.56 Å². The van der Waals surface area contributed by atoms with Crippen LogP contribution < -0.4 is 5.32 Å². The highest BCUT2D eigenvalue weighted by Crippen LogP contribution is 2.18.